The maximum Gasteiger partial charge on any atom is 0.228 e. The van der Waals surface area contributed by atoms with Crippen molar-refractivity contribution in [3.8, 4) is 6.07 Å². The van der Waals surface area contributed by atoms with Gasteiger partial charge in [-0.3, -0.25) is 0 Å². The minimum atomic E-state index is -3.87. The molecule has 19 heavy (non-hydrogen) atoms. The number of hydrogen-bond donors (Lipinski definition) is 0. The highest BCUT2D eigenvalue weighted by atomic mass is 32.3. The fourth-order valence-electron chi connectivity index (χ4n) is 1.46. The summed E-state index contributed by atoms with van der Waals surface area (Å²) >= 11 is 0. The van der Waals surface area contributed by atoms with Crippen LogP contribution in [0.4, 0.5) is 0 Å². The van der Waals surface area contributed by atoms with Gasteiger partial charge in [0.2, 0.25) is 10.0 Å². The molecule has 1 aromatic rings. The highest BCUT2D eigenvalue weighted by molar-refractivity contribution is 8.06. The van der Waals surface area contributed by atoms with E-state index in [4.69, 9.17) is 5.26 Å². The summed E-state index contributed by atoms with van der Waals surface area (Å²) in [5.74, 6) is 0. The molecule has 0 aliphatic carbocycles. The van der Waals surface area contributed by atoms with Crippen molar-refractivity contribution in [3.63, 3.8) is 0 Å². The van der Waals surface area contributed by atoms with E-state index in [1.807, 2.05) is 6.07 Å². The van der Waals surface area contributed by atoms with Crippen molar-refractivity contribution in [1.29, 1.82) is 5.26 Å². The molecule has 0 aromatic heterocycles. The Morgan fingerprint density at radius 2 is 1.89 bits per heavy atom. The first-order valence-electron chi connectivity index (χ1n) is 5.25. The Hall–Kier alpha value is -1.43. The summed E-state index contributed by atoms with van der Waals surface area (Å²) in [7, 11) is -6.18. The van der Waals surface area contributed by atoms with Gasteiger partial charge in [-0.2, -0.15) is 9.57 Å². The molecule has 1 rings (SSSR count). The van der Waals surface area contributed by atoms with E-state index >= 15 is 0 Å². The van der Waals surface area contributed by atoms with E-state index in [0.717, 1.165) is 10.6 Å². The molecule has 8 heteroatoms. The summed E-state index contributed by atoms with van der Waals surface area (Å²) in [6.45, 7) is 0.0212. The van der Waals surface area contributed by atoms with Gasteiger partial charge in [0.05, 0.1) is 11.6 Å². The average Bonchev–Trinajstić information content (AvgIpc) is 2.26. The van der Waals surface area contributed by atoms with Crippen LogP contribution >= 0.6 is 0 Å². The van der Waals surface area contributed by atoms with E-state index in [9.17, 15) is 16.8 Å². The van der Waals surface area contributed by atoms with Crippen molar-refractivity contribution in [2.75, 3.05) is 18.4 Å². The molecule has 0 unspecified atom stereocenters. The highest BCUT2D eigenvalue weighted by Crippen LogP contribution is 2.10. The Kier molecular flexibility index (Phi) is 4.68. The van der Waals surface area contributed by atoms with Gasteiger partial charge in [0.15, 0.2) is 14.9 Å². The Bertz CT molecular complexity index is 702. The van der Waals surface area contributed by atoms with E-state index in [-0.39, 0.29) is 6.54 Å². The lowest BCUT2D eigenvalue weighted by atomic mass is 10.1. The van der Waals surface area contributed by atoms with Crippen LogP contribution < -0.4 is 0 Å². The summed E-state index contributed by atoms with van der Waals surface area (Å²) in [5, 5.41) is 7.83. The monoisotopic (exact) mass is 302 g/mol. The molecule has 104 valence electrons. The van der Waals surface area contributed by atoms with Crippen molar-refractivity contribution in [1.82, 2.24) is 4.31 Å². The van der Waals surface area contributed by atoms with E-state index in [1.54, 1.807) is 24.3 Å². The summed E-state index contributed by atoms with van der Waals surface area (Å²) in [4.78, 5) is 0. The molecule has 0 aliphatic heterocycles. The van der Waals surface area contributed by atoms with Crippen LogP contribution in [0, 0.1) is 11.3 Å². The van der Waals surface area contributed by atoms with Crippen LogP contribution in [0.5, 0.6) is 0 Å². The van der Waals surface area contributed by atoms with E-state index < -0.39 is 24.9 Å². The maximum absolute atomic E-state index is 11.8. The third-order valence-electron chi connectivity index (χ3n) is 2.30. The summed E-state index contributed by atoms with van der Waals surface area (Å²) < 4.78 is 46.6. The fraction of sp³-hybridized carbons (Fsp3) is 0.364. The number of sulfone groups is 1. The summed E-state index contributed by atoms with van der Waals surface area (Å²) in [5.41, 5.74) is 1.05. The summed E-state index contributed by atoms with van der Waals surface area (Å²) in [6, 6.07) is 8.44. The Balaban J connectivity index is 2.91. The van der Waals surface area contributed by atoms with Crippen LogP contribution in [0.25, 0.3) is 0 Å². The molecule has 0 N–H and O–H groups in total. The van der Waals surface area contributed by atoms with Gasteiger partial charge in [-0.1, -0.05) is 12.1 Å². The molecule has 6 nitrogen and oxygen atoms in total. The van der Waals surface area contributed by atoms with Gasteiger partial charge in [-0.15, -0.1) is 0 Å². The second kappa shape index (κ2) is 5.69. The predicted octanol–water partition coefficient (Wildman–Crippen LogP) is 0.322. The molecule has 1 aromatic carbocycles. The molecular formula is C11H14N2O4S2. The lowest BCUT2D eigenvalue weighted by molar-refractivity contribution is 0.470. The zero-order chi connectivity index (χ0) is 14.7. The van der Waals surface area contributed by atoms with E-state index in [2.05, 4.69) is 0 Å². The van der Waals surface area contributed by atoms with Gasteiger partial charge >= 0.3 is 0 Å². The van der Waals surface area contributed by atoms with Crippen LogP contribution in [-0.4, -0.2) is 39.5 Å². The topological polar surface area (TPSA) is 95.3 Å². The van der Waals surface area contributed by atoms with Crippen LogP contribution in [0.15, 0.2) is 24.3 Å². The second-order valence-electron chi connectivity index (χ2n) is 4.22. The molecular weight excluding hydrogens is 288 g/mol. The van der Waals surface area contributed by atoms with Crippen molar-refractivity contribution >= 4 is 19.9 Å². The normalized spacial score (nSPS) is 12.3. The SMILES string of the molecule is CN(Cc1cccc(C#N)c1)S(=O)(=O)CS(C)(=O)=O. The average molecular weight is 302 g/mol. The molecule has 0 atom stereocenters. The van der Waals surface area contributed by atoms with Gasteiger partial charge < -0.3 is 0 Å². The number of nitrogens with zero attached hydrogens (tertiary/aromatic N) is 2. The van der Waals surface area contributed by atoms with Crippen molar-refractivity contribution in [2.24, 2.45) is 0 Å². The van der Waals surface area contributed by atoms with Crippen LogP contribution in [0.1, 0.15) is 11.1 Å². The first kappa shape index (κ1) is 15.6. The standard InChI is InChI=1S/C11H14N2O4S2/c1-13(19(16,17)9-18(2,14)15)8-11-5-3-4-10(6-11)7-12/h3-6H,8-9H2,1-2H3. The fourth-order valence-corrected chi connectivity index (χ4v) is 4.68. The first-order valence-corrected chi connectivity index (χ1v) is 8.92. The quantitative estimate of drug-likeness (QED) is 0.780. The Morgan fingerprint density at radius 3 is 2.42 bits per heavy atom. The molecule has 0 fully saturated rings. The zero-order valence-electron chi connectivity index (χ0n) is 10.6. The third-order valence-corrected chi connectivity index (χ3v) is 6.28. The molecule has 0 bridgehead atoms. The number of rotatable bonds is 5. The van der Waals surface area contributed by atoms with Gasteiger partial charge in [-0.25, -0.2) is 16.8 Å². The highest BCUT2D eigenvalue weighted by Gasteiger charge is 2.23. The first-order chi connectivity index (χ1) is 8.64. The largest absolute Gasteiger partial charge is 0.228 e. The lowest BCUT2D eigenvalue weighted by Crippen LogP contribution is -2.31. The minimum absolute atomic E-state index is 0.0212. The molecule has 0 aliphatic rings. The number of sulfonamides is 1. The minimum Gasteiger partial charge on any atom is -0.228 e. The van der Waals surface area contributed by atoms with Crippen LogP contribution in [0.3, 0.4) is 0 Å². The van der Waals surface area contributed by atoms with Crippen molar-refractivity contribution in [2.45, 2.75) is 6.54 Å². The van der Waals surface area contributed by atoms with Crippen LogP contribution in [0.2, 0.25) is 0 Å². The molecule has 0 saturated carbocycles. The smallest absolute Gasteiger partial charge is 0.228 e. The predicted molar refractivity (Wildman–Crippen MR) is 71.3 cm³/mol. The summed E-state index contributed by atoms with van der Waals surface area (Å²) in [6.07, 6.45) is 0.870. The Morgan fingerprint density at radius 1 is 1.26 bits per heavy atom. The molecule has 0 heterocycles. The molecule has 0 saturated heterocycles. The van der Waals surface area contributed by atoms with Crippen molar-refractivity contribution < 1.29 is 16.8 Å². The number of benzene rings is 1. The van der Waals surface area contributed by atoms with Gasteiger partial charge in [0, 0.05) is 19.8 Å². The van der Waals surface area contributed by atoms with Crippen LogP contribution in [-0.2, 0) is 26.4 Å². The molecule has 0 amide bonds. The third kappa shape index (κ3) is 4.98. The zero-order valence-corrected chi connectivity index (χ0v) is 12.2. The van der Waals surface area contributed by atoms with E-state index in [0.29, 0.717) is 11.1 Å². The number of hydrogen-bond acceptors (Lipinski definition) is 5. The second-order valence-corrected chi connectivity index (χ2v) is 8.81. The van der Waals surface area contributed by atoms with Gasteiger partial charge in [0.25, 0.3) is 0 Å². The lowest BCUT2D eigenvalue weighted by Gasteiger charge is -2.16. The Labute approximate surface area is 113 Å². The van der Waals surface area contributed by atoms with E-state index in [1.165, 1.54) is 7.05 Å². The van der Waals surface area contributed by atoms with Crippen molar-refractivity contribution in [3.05, 3.63) is 35.4 Å². The molecule has 0 radical (unpaired) electrons. The maximum atomic E-state index is 11.8. The van der Waals surface area contributed by atoms with Gasteiger partial charge in [-0.05, 0) is 17.7 Å². The van der Waals surface area contributed by atoms with Gasteiger partial charge in [0.1, 0.15) is 0 Å². The molecule has 0 spiro atoms. The number of nitriles is 1.